The third-order valence-electron chi connectivity index (χ3n) is 18.4. The van der Waals surface area contributed by atoms with E-state index >= 15 is 0 Å². The van der Waals surface area contributed by atoms with Gasteiger partial charge in [-0.15, -0.1) is 0 Å². The van der Waals surface area contributed by atoms with Gasteiger partial charge in [0.1, 0.15) is 0 Å². The van der Waals surface area contributed by atoms with Crippen LogP contribution in [-0.4, -0.2) is 47.4 Å². The minimum absolute atomic E-state index is 0.0111. The monoisotopic (exact) mass is 1210 g/mol. The van der Waals surface area contributed by atoms with Crippen molar-refractivity contribution in [3.05, 3.63) is 36.5 Å². The van der Waals surface area contributed by atoms with Gasteiger partial charge < -0.3 is 20.3 Å². The lowest BCUT2D eigenvalue weighted by Gasteiger charge is -2.22. The minimum Gasteiger partial charge on any atom is -0.466 e. The maximum atomic E-state index is 12.6. The normalized spacial score (nSPS) is 12.7. The first-order valence-electron chi connectivity index (χ1n) is 39.2. The molecule has 0 saturated heterocycles. The summed E-state index contributed by atoms with van der Waals surface area (Å²) in [5.74, 6) is -0.0188. The van der Waals surface area contributed by atoms with Crippen LogP contribution in [0.1, 0.15) is 438 Å². The number of amides is 1. The molecule has 0 aromatic heterocycles. The highest BCUT2D eigenvalue weighted by molar-refractivity contribution is 5.76. The molecule has 0 radical (unpaired) electrons. The van der Waals surface area contributed by atoms with Crippen molar-refractivity contribution in [3.63, 3.8) is 0 Å². The molecule has 0 heterocycles. The number of aliphatic hydroxyl groups excluding tert-OH is 2. The van der Waals surface area contributed by atoms with Crippen LogP contribution in [-0.2, 0) is 14.3 Å². The number of aliphatic hydroxyl groups is 2. The summed E-state index contributed by atoms with van der Waals surface area (Å²) in [6.45, 7) is 4.99. The average molecular weight is 1210 g/mol. The van der Waals surface area contributed by atoms with Crippen LogP contribution in [0.5, 0.6) is 0 Å². The third-order valence-corrected chi connectivity index (χ3v) is 18.4. The third kappa shape index (κ3) is 71.2. The molecule has 0 fully saturated rings. The highest BCUT2D eigenvalue weighted by Crippen LogP contribution is 2.19. The first-order chi connectivity index (χ1) is 42.5. The molecule has 508 valence electrons. The van der Waals surface area contributed by atoms with Gasteiger partial charge in [0, 0.05) is 12.8 Å². The Labute approximate surface area is 538 Å². The second-order valence-electron chi connectivity index (χ2n) is 27.0. The molecule has 2 unspecified atom stereocenters. The van der Waals surface area contributed by atoms with Crippen molar-refractivity contribution in [2.75, 3.05) is 13.2 Å². The van der Waals surface area contributed by atoms with Gasteiger partial charge in [-0.1, -0.05) is 378 Å². The number of rotatable bonds is 74. The standard InChI is InChI=1S/C80H153NO5/c1-3-5-7-9-11-13-15-17-19-21-23-37-40-44-48-52-56-60-64-68-72-78(83)77(76-82)81-79(84)73-69-65-61-57-53-49-45-41-38-35-33-31-29-27-25-24-26-28-30-32-34-36-39-43-47-51-55-59-63-67-71-75-86-80(85)74-70-66-62-58-54-50-46-42-22-20-18-16-14-12-10-8-6-4-2/h20,22,26,28,32,34,77-78,82-83H,3-19,21,23-25,27,29-31,33,35-76H2,1-2H3,(H,81,84)/b22-20-,28-26-,34-32-. The zero-order valence-electron chi connectivity index (χ0n) is 58.3. The molecule has 6 nitrogen and oxygen atoms in total. The number of ether oxygens (including phenoxy) is 1. The summed E-state index contributed by atoms with van der Waals surface area (Å²) in [4.78, 5) is 24.7. The Bertz CT molecular complexity index is 1390. The average Bonchev–Trinajstić information content (AvgIpc) is 3.54. The van der Waals surface area contributed by atoms with Gasteiger partial charge in [-0.2, -0.15) is 0 Å². The number of hydrogen-bond acceptors (Lipinski definition) is 5. The van der Waals surface area contributed by atoms with Gasteiger partial charge in [-0.3, -0.25) is 9.59 Å². The Balaban J connectivity index is 3.38. The molecule has 0 bridgehead atoms. The van der Waals surface area contributed by atoms with E-state index < -0.39 is 12.1 Å². The molecule has 86 heavy (non-hydrogen) atoms. The van der Waals surface area contributed by atoms with Crippen LogP contribution in [0.3, 0.4) is 0 Å². The smallest absolute Gasteiger partial charge is 0.305 e. The molecule has 0 rings (SSSR count). The van der Waals surface area contributed by atoms with Crippen molar-refractivity contribution in [3.8, 4) is 0 Å². The van der Waals surface area contributed by atoms with E-state index in [1.165, 1.54) is 353 Å². The second-order valence-corrected chi connectivity index (χ2v) is 27.0. The van der Waals surface area contributed by atoms with Crippen LogP contribution in [0.2, 0.25) is 0 Å². The molecule has 0 aliphatic heterocycles. The summed E-state index contributed by atoms with van der Waals surface area (Å²) in [6, 6.07) is -0.542. The second kappa shape index (κ2) is 75.5. The lowest BCUT2D eigenvalue weighted by atomic mass is 10.0. The summed E-state index contributed by atoms with van der Waals surface area (Å²) in [7, 11) is 0. The fourth-order valence-electron chi connectivity index (χ4n) is 12.4. The number of carbonyl (C=O) groups excluding carboxylic acids is 2. The minimum atomic E-state index is -0.665. The molecule has 0 aliphatic rings. The van der Waals surface area contributed by atoms with Crippen LogP contribution in [0.4, 0.5) is 0 Å². The summed E-state index contributed by atoms with van der Waals surface area (Å²) >= 11 is 0. The van der Waals surface area contributed by atoms with Crippen LogP contribution >= 0.6 is 0 Å². The van der Waals surface area contributed by atoms with Gasteiger partial charge in [0.2, 0.25) is 5.91 Å². The van der Waals surface area contributed by atoms with E-state index in [2.05, 4.69) is 55.6 Å². The van der Waals surface area contributed by atoms with Crippen LogP contribution < -0.4 is 5.32 Å². The summed E-state index contributed by atoms with van der Waals surface area (Å²) < 4.78 is 5.51. The SMILES string of the molecule is CCCCCCCCC/C=C\CCCCCCCCCC(=O)OCCCCCCCCCCC/C=C\C/C=C\CCCCCCCCCCCCCCCCCC(=O)NC(CO)C(O)CCCCCCCCCCCCCCCCCCCCCC. The molecule has 3 N–H and O–H groups in total. The van der Waals surface area contributed by atoms with Gasteiger partial charge in [0.25, 0.3) is 0 Å². The topological polar surface area (TPSA) is 95.9 Å². The lowest BCUT2D eigenvalue weighted by Crippen LogP contribution is -2.45. The van der Waals surface area contributed by atoms with E-state index in [1.54, 1.807) is 0 Å². The fourth-order valence-corrected chi connectivity index (χ4v) is 12.4. The van der Waals surface area contributed by atoms with Crippen molar-refractivity contribution in [2.24, 2.45) is 0 Å². The van der Waals surface area contributed by atoms with Gasteiger partial charge in [0.05, 0.1) is 25.4 Å². The summed E-state index contributed by atoms with van der Waals surface area (Å²) in [6.07, 6.45) is 98.0. The predicted octanol–water partition coefficient (Wildman–Crippen LogP) is 25.8. The predicted molar refractivity (Wildman–Crippen MR) is 379 cm³/mol. The highest BCUT2D eigenvalue weighted by Gasteiger charge is 2.20. The molecule has 0 aliphatic carbocycles. The molecular formula is C80H153NO5. The number of carbonyl (C=O) groups is 2. The number of nitrogens with one attached hydrogen (secondary N) is 1. The quantitative estimate of drug-likeness (QED) is 0.0320. The van der Waals surface area contributed by atoms with Gasteiger partial charge >= 0.3 is 5.97 Å². The van der Waals surface area contributed by atoms with Crippen LogP contribution in [0.15, 0.2) is 36.5 Å². The van der Waals surface area contributed by atoms with Crippen molar-refractivity contribution >= 4 is 11.9 Å². The first-order valence-corrected chi connectivity index (χ1v) is 39.2. The maximum Gasteiger partial charge on any atom is 0.305 e. The molecule has 0 aromatic rings. The number of hydrogen-bond donors (Lipinski definition) is 3. The molecule has 2 atom stereocenters. The highest BCUT2D eigenvalue weighted by atomic mass is 16.5. The van der Waals surface area contributed by atoms with Gasteiger partial charge in [-0.25, -0.2) is 0 Å². The van der Waals surface area contributed by atoms with Crippen molar-refractivity contribution in [1.82, 2.24) is 5.32 Å². The zero-order chi connectivity index (χ0) is 62.0. The van der Waals surface area contributed by atoms with E-state index in [0.717, 1.165) is 51.4 Å². The molecule has 0 spiro atoms. The summed E-state index contributed by atoms with van der Waals surface area (Å²) in [5.41, 5.74) is 0. The molecule has 1 amide bonds. The molecule has 6 heteroatoms. The molecule has 0 aromatic carbocycles. The Kier molecular flexibility index (Phi) is 73.9. The van der Waals surface area contributed by atoms with Crippen molar-refractivity contribution in [1.29, 1.82) is 0 Å². The van der Waals surface area contributed by atoms with Crippen molar-refractivity contribution in [2.45, 2.75) is 450 Å². The largest absolute Gasteiger partial charge is 0.466 e. The van der Waals surface area contributed by atoms with Gasteiger partial charge in [0.15, 0.2) is 0 Å². The first kappa shape index (κ1) is 84.1. The Morgan fingerprint density at radius 1 is 0.326 bits per heavy atom. The molecule has 0 saturated carbocycles. The number of esters is 1. The van der Waals surface area contributed by atoms with E-state index in [0.29, 0.717) is 25.9 Å². The lowest BCUT2D eigenvalue weighted by molar-refractivity contribution is -0.143. The Morgan fingerprint density at radius 2 is 0.581 bits per heavy atom. The fraction of sp³-hybridized carbons (Fsp3) is 0.900. The van der Waals surface area contributed by atoms with Crippen LogP contribution in [0.25, 0.3) is 0 Å². The summed E-state index contributed by atoms with van der Waals surface area (Å²) in [5, 5.41) is 23.4. The van der Waals surface area contributed by atoms with E-state index in [1.807, 2.05) is 0 Å². The van der Waals surface area contributed by atoms with E-state index in [4.69, 9.17) is 4.74 Å². The number of unbranched alkanes of at least 4 members (excludes halogenated alkanes) is 57. The zero-order valence-corrected chi connectivity index (χ0v) is 58.3. The Morgan fingerprint density at radius 3 is 0.895 bits per heavy atom. The van der Waals surface area contributed by atoms with Gasteiger partial charge in [-0.05, 0) is 83.5 Å². The van der Waals surface area contributed by atoms with E-state index in [-0.39, 0.29) is 18.5 Å². The van der Waals surface area contributed by atoms with E-state index in [9.17, 15) is 19.8 Å². The van der Waals surface area contributed by atoms with Crippen LogP contribution in [0, 0.1) is 0 Å². The van der Waals surface area contributed by atoms with Crippen molar-refractivity contribution < 1.29 is 24.5 Å². The maximum absolute atomic E-state index is 12.6. The Hall–Kier alpha value is -1.92. The molecular weight excluding hydrogens is 1050 g/mol. The number of allylic oxidation sites excluding steroid dienone is 6.